The van der Waals surface area contributed by atoms with Crippen molar-refractivity contribution in [3.8, 4) is 5.75 Å². The van der Waals surface area contributed by atoms with Gasteiger partial charge in [0.2, 0.25) is 5.91 Å². The molecule has 2 aliphatic heterocycles. The van der Waals surface area contributed by atoms with Crippen LogP contribution in [0.5, 0.6) is 5.75 Å². The monoisotopic (exact) mass is 381 g/mol. The van der Waals surface area contributed by atoms with Crippen LogP contribution in [0.3, 0.4) is 0 Å². The predicted octanol–water partition coefficient (Wildman–Crippen LogP) is 2.07. The van der Waals surface area contributed by atoms with Crippen molar-refractivity contribution in [2.45, 2.75) is 25.7 Å². The molecule has 0 bridgehead atoms. The normalized spacial score (nSPS) is 18.0. The molecule has 0 unspecified atom stereocenters. The second-order valence-corrected chi connectivity index (χ2v) is 6.82. The second-order valence-electron chi connectivity index (χ2n) is 6.82. The summed E-state index contributed by atoms with van der Waals surface area (Å²) in [4.78, 5) is 27.9. The number of rotatable bonds is 6. The fourth-order valence-corrected chi connectivity index (χ4v) is 3.57. The van der Waals surface area contributed by atoms with E-state index in [1.807, 2.05) is 36.2 Å². The van der Waals surface area contributed by atoms with Crippen LogP contribution < -0.4 is 15.0 Å². The van der Waals surface area contributed by atoms with Crippen molar-refractivity contribution in [2.75, 3.05) is 44.7 Å². The molecule has 7 heteroatoms. The molecule has 0 spiro atoms. The highest BCUT2D eigenvalue weighted by Crippen LogP contribution is 2.25. The minimum atomic E-state index is 0. The Hall–Kier alpha value is -1.79. The summed E-state index contributed by atoms with van der Waals surface area (Å²) in [5.74, 6) is 1.48. The zero-order chi connectivity index (χ0) is 17.6. The van der Waals surface area contributed by atoms with Gasteiger partial charge in [0.1, 0.15) is 5.75 Å². The van der Waals surface area contributed by atoms with E-state index in [2.05, 4.69) is 5.32 Å². The molecule has 0 saturated carbocycles. The van der Waals surface area contributed by atoms with Crippen LogP contribution in [0.1, 0.15) is 25.7 Å². The average molecular weight is 382 g/mol. The number of likely N-dealkylation sites (tertiary alicyclic amines) is 1. The average Bonchev–Trinajstić information content (AvgIpc) is 3.07. The Balaban J connectivity index is 0.00000243. The topological polar surface area (TPSA) is 61.9 Å². The summed E-state index contributed by atoms with van der Waals surface area (Å²) >= 11 is 0. The third kappa shape index (κ3) is 5.11. The van der Waals surface area contributed by atoms with Gasteiger partial charge in [-0.3, -0.25) is 9.59 Å². The first-order chi connectivity index (χ1) is 12.2. The summed E-state index contributed by atoms with van der Waals surface area (Å²) < 4.78 is 5.69. The lowest BCUT2D eigenvalue weighted by Crippen LogP contribution is -2.42. The molecule has 0 aromatic heterocycles. The van der Waals surface area contributed by atoms with Crippen LogP contribution in [-0.2, 0) is 9.59 Å². The van der Waals surface area contributed by atoms with Gasteiger partial charge in [0.15, 0.2) is 6.61 Å². The van der Waals surface area contributed by atoms with Crippen molar-refractivity contribution in [2.24, 2.45) is 5.92 Å². The third-order valence-corrected chi connectivity index (χ3v) is 5.03. The lowest BCUT2D eigenvalue weighted by molar-refractivity contribution is -0.134. The Morgan fingerprint density at radius 2 is 2.04 bits per heavy atom. The van der Waals surface area contributed by atoms with Gasteiger partial charge < -0.3 is 19.9 Å². The number of anilines is 1. The van der Waals surface area contributed by atoms with E-state index in [0.29, 0.717) is 18.1 Å². The van der Waals surface area contributed by atoms with Crippen LogP contribution >= 0.6 is 12.4 Å². The SMILES string of the molecule is CNCC1CCN(C(=O)COc2cccc(N3CCCC3=O)c2)CC1.Cl. The van der Waals surface area contributed by atoms with E-state index in [0.717, 1.165) is 51.1 Å². The first-order valence-electron chi connectivity index (χ1n) is 9.13. The van der Waals surface area contributed by atoms with Gasteiger partial charge in [-0.25, -0.2) is 0 Å². The Labute approximate surface area is 161 Å². The van der Waals surface area contributed by atoms with Gasteiger partial charge >= 0.3 is 0 Å². The van der Waals surface area contributed by atoms with Gasteiger partial charge in [-0.2, -0.15) is 0 Å². The summed E-state index contributed by atoms with van der Waals surface area (Å²) in [5, 5.41) is 3.20. The largest absolute Gasteiger partial charge is 0.484 e. The van der Waals surface area contributed by atoms with Crippen molar-refractivity contribution >= 4 is 29.9 Å². The van der Waals surface area contributed by atoms with Crippen molar-refractivity contribution in [3.63, 3.8) is 0 Å². The standard InChI is InChI=1S/C19H27N3O3.ClH/c1-20-13-15-7-10-21(11-8-15)19(24)14-25-17-5-2-4-16(12-17)22-9-3-6-18(22)23;/h2,4-5,12,15,20H,3,6-11,13-14H2,1H3;1H. The molecule has 3 rings (SSSR count). The van der Waals surface area contributed by atoms with Gasteiger partial charge in [0.05, 0.1) is 0 Å². The molecular formula is C19H28ClN3O3. The van der Waals surface area contributed by atoms with E-state index in [1.54, 1.807) is 4.90 Å². The molecule has 2 aliphatic rings. The number of piperidine rings is 1. The van der Waals surface area contributed by atoms with E-state index in [9.17, 15) is 9.59 Å². The molecule has 2 heterocycles. The fourth-order valence-electron chi connectivity index (χ4n) is 3.57. The number of carbonyl (C=O) groups is 2. The van der Waals surface area contributed by atoms with Gasteiger partial charge in [-0.15, -0.1) is 12.4 Å². The summed E-state index contributed by atoms with van der Waals surface area (Å²) in [6.07, 6.45) is 3.58. The quantitative estimate of drug-likeness (QED) is 0.819. The van der Waals surface area contributed by atoms with Crippen molar-refractivity contribution < 1.29 is 14.3 Å². The van der Waals surface area contributed by atoms with E-state index >= 15 is 0 Å². The number of halogens is 1. The lowest BCUT2D eigenvalue weighted by Gasteiger charge is -2.31. The summed E-state index contributed by atoms with van der Waals surface area (Å²) in [7, 11) is 1.97. The maximum Gasteiger partial charge on any atom is 0.260 e. The Morgan fingerprint density at radius 3 is 2.69 bits per heavy atom. The molecule has 6 nitrogen and oxygen atoms in total. The molecule has 0 aliphatic carbocycles. The molecule has 0 atom stereocenters. The van der Waals surface area contributed by atoms with Crippen molar-refractivity contribution in [1.29, 1.82) is 0 Å². The number of carbonyl (C=O) groups excluding carboxylic acids is 2. The van der Waals surface area contributed by atoms with E-state index in [4.69, 9.17) is 4.74 Å². The summed E-state index contributed by atoms with van der Waals surface area (Å²) in [6.45, 7) is 3.42. The molecule has 2 amide bonds. The van der Waals surface area contributed by atoms with Crippen LogP contribution in [0, 0.1) is 5.92 Å². The Bertz CT molecular complexity index is 618. The van der Waals surface area contributed by atoms with Gasteiger partial charge in [0, 0.05) is 37.8 Å². The van der Waals surface area contributed by atoms with Crippen LogP contribution in [0.2, 0.25) is 0 Å². The second kappa shape index (κ2) is 9.78. The lowest BCUT2D eigenvalue weighted by atomic mass is 9.97. The molecule has 144 valence electrons. The minimum Gasteiger partial charge on any atom is -0.484 e. The molecule has 26 heavy (non-hydrogen) atoms. The number of nitrogens with one attached hydrogen (secondary N) is 1. The molecule has 1 aromatic rings. The highest BCUT2D eigenvalue weighted by atomic mass is 35.5. The predicted molar refractivity (Wildman–Crippen MR) is 104 cm³/mol. The minimum absolute atomic E-state index is 0. The number of ether oxygens (including phenoxy) is 1. The molecular weight excluding hydrogens is 354 g/mol. The molecule has 0 radical (unpaired) electrons. The third-order valence-electron chi connectivity index (χ3n) is 5.03. The zero-order valence-electron chi connectivity index (χ0n) is 15.3. The van der Waals surface area contributed by atoms with Gasteiger partial charge in [-0.1, -0.05) is 6.07 Å². The smallest absolute Gasteiger partial charge is 0.260 e. The number of amides is 2. The van der Waals surface area contributed by atoms with Crippen molar-refractivity contribution in [1.82, 2.24) is 10.2 Å². The van der Waals surface area contributed by atoms with E-state index in [-0.39, 0.29) is 30.8 Å². The van der Waals surface area contributed by atoms with Gasteiger partial charge in [-0.05, 0) is 50.9 Å². The maximum absolute atomic E-state index is 12.3. The first kappa shape index (κ1) is 20.5. The van der Waals surface area contributed by atoms with Gasteiger partial charge in [0.25, 0.3) is 5.91 Å². The zero-order valence-corrected chi connectivity index (χ0v) is 16.1. The molecule has 2 saturated heterocycles. The first-order valence-corrected chi connectivity index (χ1v) is 9.13. The summed E-state index contributed by atoms with van der Waals surface area (Å²) in [5.41, 5.74) is 0.848. The van der Waals surface area contributed by atoms with Crippen LogP contribution in [0.25, 0.3) is 0 Å². The van der Waals surface area contributed by atoms with Crippen LogP contribution in [0.15, 0.2) is 24.3 Å². The summed E-state index contributed by atoms with van der Waals surface area (Å²) in [6, 6.07) is 7.44. The Kier molecular flexibility index (Phi) is 7.72. The number of benzene rings is 1. The highest BCUT2D eigenvalue weighted by Gasteiger charge is 2.23. The highest BCUT2D eigenvalue weighted by molar-refractivity contribution is 5.95. The van der Waals surface area contributed by atoms with E-state index < -0.39 is 0 Å². The number of hydrogen-bond donors (Lipinski definition) is 1. The van der Waals surface area contributed by atoms with Crippen LogP contribution in [-0.4, -0.2) is 56.5 Å². The van der Waals surface area contributed by atoms with Crippen LogP contribution in [0.4, 0.5) is 5.69 Å². The van der Waals surface area contributed by atoms with E-state index in [1.165, 1.54) is 0 Å². The number of hydrogen-bond acceptors (Lipinski definition) is 4. The molecule has 1 N–H and O–H groups in total. The Morgan fingerprint density at radius 1 is 1.27 bits per heavy atom. The molecule has 1 aromatic carbocycles. The number of nitrogens with zero attached hydrogens (tertiary/aromatic N) is 2. The fraction of sp³-hybridized carbons (Fsp3) is 0.579. The van der Waals surface area contributed by atoms with Crippen molar-refractivity contribution in [3.05, 3.63) is 24.3 Å². The molecule has 2 fully saturated rings. The maximum atomic E-state index is 12.3.